The maximum Gasteiger partial charge on any atom is 0.269 e. The molecule has 0 bridgehead atoms. The molecule has 1 aromatic rings. The van der Waals surface area contributed by atoms with E-state index in [9.17, 15) is 4.79 Å². The third kappa shape index (κ3) is 7.83. The molecule has 0 spiro atoms. The highest BCUT2D eigenvalue weighted by Gasteiger charge is 2.07. The Morgan fingerprint density at radius 1 is 1.30 bits per heavy atom. The van der Waals surface area contributed by atoms with Crippen molar-refractivity contribution in [1.29, 1.82) is 0 Å². The monoisotopic (exact) mass is 337 g/mol. The van der Waals surface area contributed by atoms with Crippen molar-refractivity contribution in [3.63, 3.8) is 0 Å². The molecule has 0 radical (unpaired) electrons. The number of hydrazine groups is 1. The molecule has 1 rings (SSSR count). The molecule has 128 valence electrons. The second-order valence-electron chi connectivity index (χ2n) is 5.62. The van der Waals surface area contributed by atoms with Crippen LogP contribution in [-0.4, -0.2) is 24.7 Å². The molecule has 0 fully saturated rings. The summed E-state index contributed by atoms with van der Waals surface area (Å²) in [6.45, 7) is 5.19. The van der Waals surface area contributed by atoms with Crippen LogP contribution in [0.1, 0.15) is 49.9 Å². The first-order valence-corrected chi connectivity index (χ1v) is 8.45. The van der Waals surface area contributed by atoms with E-state index in [1.165, 1.54) is 25.7 Å². The van der Waals surface area contributed by atoms with Crippen LogP contribution in [0.2, 0.25) is 0 Å². The highest BCUT2D eigenvalue weighted by molar-refractivity contribution is 7.80. The summed E-state index contributed by atoms with van der Waals surface area (Å²) in [4.78, 5) is 12.0. The highest BCUT2D eigenvalue weighted by atomic mass is 32.1. The molecular weight excluding hydrogens is 310 g/mol. The number of unbranched alkanes of at least 4 members (excludes halogenated alkanes) is 2. The first-order valence-electron chi connectivity index (χ1n) is 8.05. The van der Waals surface area contributed by atoms with Gasteiger partial charge in [-0.1, -0.05) is 39.2 Å². The molecule has 3 N–H and O–H groups in total. The van der Waals surface area contributed by atoms with E-state index in [0.717, 1.165) is 6.54 Å². The van der Waals surface area contributed by atoms with E-state index in [4.69, 9.17) is 17.0 Å². The summed E-state index contributed by atoms with van der Waals surface area (Å²) < 4.78 is 5.10. The molecule has 0 aliphatic carbocycles. The van der Waals surface area contributed by atoms with Gasteiger partial charge in [-0.05, 0) is 42.8 Å². The van der Waals surface area contributed by atoms with Gasteiger partial charge in [0, 0.05) is 12.1 Å². The predicted molar refractivity (Wildman–Crippen MR) is 97.5 cm³/mol. The number of amides is 1. The number of benzene rings is 1. The van der Waals surface area contributed by atoms with Crippen LogP contribution in [0.4, 0.5) is 0 Å². The summed E-state index contributed by atoms with van der Waals surface area (Å²) in [5, 5.41) is 3.54. The van der Waals surface area contributed by atoms with E-state index in [1.807, 2.05) is 0 Å². The number of hydrogen-bond acceptors (Lipinski definition) is 3. The van der Waals surface area contributed by atoms with Gasteiger partial charge < -0.3 is 10.1 Å². The van der Waals surface area contributed by atoms with Crippen molar-refractivity contribution in [2.45, 2.75) is 39.5 Å². The Morgan fingerprint density at radius 3 is 2.78 bits per heavy atom. The molecule has 0 saturated heterocycles. The van der Waals surface area contributed by atoms with Crippen molar-refractivity contribution >= 4 is 23.2 Å². The summed E-state index contributed by atoms with van der Waals surface area (Å²) in [7, 11) is 1.57. The Balaban J connectivity index is 2.28. The number of methoxy groups -OCH3 is 1. The summed E-state index contributed by atoms with van der Waals surface area (Å²) in [5.41, 5.74) is 5.81. The number of rotatable bonds is 8. The average molecular weight is 337 g/mol. The van der Waals surface area contributed by atoms with Crippen molar-refractivity contribution in [2.75, 3.05) is 13.7 Å². The molecule has 23 heavy (non-hydrogen) atoms. The van der Waals surface area contributed by atoms with Gasteiger partial charge in [-0.3, -0.25) is 15.6 Å². The van der Waals surface area contributed by atoms with Gasteiger partial charge in [0.15, 0.2) is 5.11 Å². The quantitative estimate of drug-likeness (QED) is 0.387. The normalized spacial score (nSPS) is 11.4. The molecule has 5 nitrogen and oxygen atoms in total. The minimum Gasteiger partial charge on any atom is -0.497 e. The van der Waals surface area contributed by atoms with Gasteiger partial charge in [0.05, 0.1) is 7.11 Å². The van der Waals surface area contributed by atoms with Gasteiger partial charge in [-0.2, -0.15) is 0 Å². The van der Waals surface area contributed by atoms with Crippen molar-refractivity contribution in [3.8, 4) is 5.75 Å². The molecule has 1 atom stereocenters. The summed E-state index contributed by atoms with van der Waals surface area (Å²) in [6.07, 6.45) is 4.92. The van der Waals surface area contributed by atoms with Crippen molar-refractivity contribution in [2.24, 2.45) is 5.92 Å². The minimum absolute atomic E-state index is 0.260. The second kappa shape index (κ2) is 10.8. The molecule has 0 unspecified atom stereocenters. The van der Waals surface area contributed by atoms with Crippen LogP contribution in [0.3, 0.4) is 0 Å². The van der Waals surface area contributed by atoms with Gasteiger partial charge in [-0.25, -0.2) is 0 Å². The number of carbonyl (C=O) groups excluding carboxylic acids is 1. The summed E-state index contributed by atoms with van der Waals surface area (Å²) >= 11 is 5.16. The number of nitrogens with one attached hydrogen (secondary N) is 3. The molecule has 0 saturated carbocycles. The van der Waals surface area contributed by atoms with Crippen LogP contribution in [0.25, 0.3) is 0 Å². The highest BCUT2D eigenvalue weighted by Crippen LogP contribution is 2.12. The lowest BCUT2D eigenvalue weighted by atomic mass is 10.0. The lowest BCUT2D eigenvalue weighted by Gasteiger charge is -2.15. The number of carbonyl (C=O) groups is 1. The molecule has 0 aromatic heterocycles. The summed E-state index contributed by atoms with van der Waals surface area (Å²) in [6, 6.07) is 6.94. The zero-order valence-corrected chi connectivity index (χ0v) is 15.0. The SMILES string of the molecule is CCCCC[C@@H](C)CNC(=S)NNC(=O)c1cccc(OC)c1. The fourth-order valence-electron chi connectivity index (χ4n) is 2.11. The first-order chi connectivity index (χ1) is 11.1. The zero-order valence-electron chi connectivity index (χ0n) is 14.1. The maximum atomic E-state index is 12.0. The van der Waals surface area contributed by atoms with Gasteiger partial charge in [-0.15, -0.1) is 0 Å². The molecule has 1 amide bonds. The molecule has 0 aliphatic heterocycles. The van der Waals surface area contributed by atoms with E-state index in [1.54, 1.807) is 31.4 Å². The molecule has 6 heteroatoms. The molecular formula is C17H27N3O2S. The van der Waals surface area contributed by atoms with Gasteiger partial charge in [0.1, 0.15) is 5.75 Å². The third-order valence-corrected chi connectivity index (χ3v) is 3.78. The minimum atomic E-state index is -0.260. The van der Waals surface area contributed by atoms with Crippen LogP contribution in [-0.2, 0) is 0 Å². The topological polar surface area (TPSA) is 62.4 Å². The lowest BCUT2D eigenvalue weighted by Crippen LogP contribution is -2.47. The number of ether oxygens (including phenoxy) is 1. The smallest absolute Gasteiger partial charge is 0.269 e. The van der Waals surface area contributed by atoms with E-state index in [-0.39, 0.29) is 5.91 Å². The number of hydrogen-bond donors (Lipinski definition) is 3. The van der Waals surface area contributed by atoms with Gasteiger partial charge in [0.2, 0.25) is 0 Å². The fourth-order valence-corrected chi connectivity index (χ4v) is 2.24. The van der Waals surface area contributed by atoms with Crippen LogP contribution in [0.15, 0.2) is 24.3 Å². The van der Waals surface area contributed by atoms with Crippen LogP contribution >= 0.6 is 12.2 Å². The Hall–Kier alpha value is -1.82. The summed E-state index contributed by atoms with van der Waals surface area (Å²) in [5.74, 6) is 0.929. The van der Waals surface area contributed by atoms with Crippen LogP contribution in [0.5, 0.6) is 5.75 Å². The Morgan fingerprint density at radius 2 is 2.09 bits per heavy atom. The van der Waals surface area contributed by atoms with Crippen molar-refractivity contribution in [3.05, 3.63) is 29.8 Å². The fraction of sp³-hybridized carbons (Fsp3) is 0.529. The van der Waals surface area contributed by atoms with Crippen LogP contribution < -0.4 is 20.9 Å². The Bertz CT molecular complexity index is 508. The van der Waals surface area contributed by atoms with E-state index < -0.39 is 0 Å². The van der Waals surface area contributed by atoms with E-state index >= 15 is 0 Å². The molecule has 0 aliphatic rings. The first kappa shape index (κ1) is 19.2. The largest absolute Gasteiger partial charge is 0.497 e. The van der Waals surface area contributed by atoms with E-state index in [2.05, 4.69) is 30.0 Å². The van der Waals surface area contributed by atoms with Gasteiger partial charge >= 0.3 is 0 Å². The number of thiocarbonyl (C=S) groups is 1. The van der Waals surface area contributed by atoms with Gasteiger partial charge in [0.25, 0.3) is 5.91 Å². The van der Waals surface area contributed by atoms with Crippen molar-refractivity contribution < 1.29 is 9.53 Å². The predicted octanol–water partition coefficient (Wildman–Crippen LogP) is 3.02. The zero-order chi connectivity index (χ0) is 17.1. The molecule has 1 aromatic carbocycles. The average Bonchev–Trinajstić information content (AvgIpc) is 2.58. The maximum absolute atomic E-state index is 12.0. The lowest BCUT2D eigenvalue weighted by molar-refractivity contribution is 0.0943. The third-order valence-electron chi connectivity index (χ3n) is 3.53. The Kier molecular flexibility index (Phi) is 9.05. The van der Waals surface area contributed by atoms with Crippen LogP contribution in [0, 0.1) is 5.92 Å². The second-order valence-corrected chi connectivity index (χ2v) is 6.03. The Labute approximate surface area is 144 Å². The van der Waals surface area contributed by atoms with E-state index in [0.29, 0.717) is 22.3 Å². The molecule has 0 heterocycles. The standard InChI is InChI=1S/C17H27N3O2S/c1-4-5-6-8-13(2)12-18-17(23)20-19-16(21)14-9-7-10-15(11-14)22-3/h7,9-11,13H,4-6,8,12H2,1-3H3,(H,19,21)(H2,18,20,23)/t13-/m1/s1. The van der Waals surface area contributed by atoms with Crippen molar-refractivity contribution in [1.82, 2.24) is 16.2 Å².